The molecule has 1 amide bonds. The molecule has 0 saturated heterocycles. The minimum absolute atomic E-state index is 0.0224. The predicted octanol–water partition coefficient (Wildman–Crippen LogP) is 0.524. The maximum atomic E-state index is 12.3. The summed E-state index contributed by atoms with van der Waals surface area (Å²) in [6, 6.07) is 9.03. The standard InChI is InChI=1S/C15H18N4O4/c1-9(2)17-12-11(14(21)19(23)15(22)18-12)13(20)16-8-10-6-4-3-5-7-10/h3-7,9,17,23H,8H2,1-2H3,(H,16,20)(H,18,22). The molecule has 0 aliphatic heterocycles. The van der Waals surface area contributed by atoms with E-state index in [9.17, 15) is 19.6 Å². The summed E-state index contributed by atoms with van der Waals surface area (Å²) in [6.07, 6.45) is 0. The predicted molar refractivity (Wildman–Crippen MR) is 84.9 cm³/mol. The monoisotopic (exact) mass is 318 g/mol. The SMILES string of the molecule is CC(C)Nc1[nH]c(=O)n(O)c(=O)c1C(=O)NCc1ccccc1. The Bertz CT molecular complexity index is 808. The van der Waals surface area contributed by atoms with Crippen LogP contribution in [0.1, 0.15) is 29.8 Å². The van der Waals surface area contributed by atoms with Gasteiger partial charge in [-0.2, -0.15) is 0 Å². The number of hydrogen-bond donors (Lipinski definition) is 4. The molecule has 0 saturated carbocycles. The summed E-state index contributed by atoms with van der Waals surface area (Å²) in [4.78, 5) is 38.1. The van der Waals surface area contributed by atoms with Gasteiger partial charge in [0.2, 0.25) is 0 Å². The minimum Gasteiger partial charge on any atom is -0.421 e. The Kier molecular flexibility index (Phi) is 4.85. The molecule has 4 N–H and O–H groups in total. The molecule has 0 aliphatic carbocycles. The van der Waals surface area contributed by atoms with Crippen LogP contribution in [-0.4, -0.2) is 26.9 Å². The number of carbonyl (C=O) groups is 1. The van der Waals surface area contributed by atoms with Crippen LogP contribution in [0, 0.1) is 0 Å². The first-order chi connectivity index (χ1) is 10.9. The molecule has 0 spiro atoms. The van der Waals surface area contributed by atoms with Crippen molar-refractivity contribution in [2.24, 2.45) is 0 Å². The molecule has 0 radical (unpaired) electrons. The van der Waals surface area contributed by atoms with E-state index in [0.717, 1.165) is 5.56 Å². The van der Waals surface area contributed by atoms with Gasteiger partial charge in [-0.05, 0) is 19.4 Å². The van der Waals surface area contributed by atoms with E-state index in [1.807, 2.05) is 30.3 Å². The van der Waals surface area contributed by atoms with Crippen molar-refractivity contribution in [1.82, 2.24) is 15.0 Å². The number of H-pyrrole nitrogens is 1. The average molecular weight is 318 g/mol. The Balaban J connectivity index is 2.33. The van der Waals surface area contributed by atoms with Crippen LogP contribution in [0.3, 0.4) is 0 Å². The molecule has 0 atom stereocenters. The lowest BCUT2D eigenvalue weighted by atomic mass is 10.2. The molecule has 2 aromatic rings. The van der Waals surface area contributed by atoms with E-state index < -0.39 is 17.2 Å². The van der Waals surface area contributed by atoms with Crippen LogP contribution >= 0.6 is 0 Å². The van der Waals surface area contributed by atoms with E-state index in [-0.39, 0.29) is 28.7 Å². The zero-order valence-corrected chi connectivity index (χ0v) is 12.8. The molecule has 23 heavy (non-hydrogen) atoms. The van der Waals surface area contributed by atoms with Crippen LogP contribution in [0.25, 0.3) is 0 Å². The molecule has 8 nitrogen and oxygen atoms in total. The lowest BCUT2D eigenvalue weighted by Gasteiger charge is -2.14. The Labute approximate surface area is 131 Å². The van der Waals surface area contributed by atoms with Gasteiger partial charge in [-0.15, -0.1) is 0 Å². The van der Waals surface area contributed by atoms with E-state index >= 15 is 0 Å². The zero-order valence-electron chi connectivity index (χ0n) is 12.8. The van der Waals surface area contributed by atoms with Crippen molar-refractivity contribution in [3.8, 4) is 0 Å². The molecule has 8 heteroatoms. The summed E-state index contributed by atoms with van der Waals surface area (Å²) < 4.78 is -0.122. The second-order valence-corrected chi connectivity index (χ2v) is 5.26. The molecule has 0 aliphatic rings. The number of hydrogen-bond acceptors (Lipinski definition) is 5. The van der Waals surface area contributed by atoms with E-state index in [1.165, 1.54) is 0 Å². The first-order valence-corrected chi connectivity index (χ1v) is 7.07. The van der Waals surface area contributed by atoms with E-state index in [4.69, 9.17) is 0 Å². The second kappa shape index (κ2) is 6.82. The summed E-state index contributed by atoms with van der Waals surface area (Å²) in [5.41, 5.74) is -1.59. The fraction of sp³-hybridized carbons (Fsp3) is 0.267. The lowest BCUT2D eigenvalue weighted by molar-refractivity contribution is 0.0940. The summed E-state index contributed by atoms with van der Waals surface area (Å²) in [5, 5.41) is 14.8. The first kappa shape index (κ1) is 16.3. The molecular formula is C15H18N4O4. The van der Waals surface area contributed by atoms with Gasteiger partial charge in [0, 0.05) is 12.6 Å². The number of nitrogens with one attached hydrogen (secondary N) is 3. The molecule has 0 unspecified atom stereocenters. The molecule has 2 rings (SSSR count). The number of carbonyl (C=O) groups excluding carboxylic acids is 1. The maximum absolute atomic E-state index is 12.3. The normalized spacial score (nSPS) is 10.6. The number of amides is 1. The zero-order chi connectivity index (χ0) is 17.0. The summed E-state index contributed by atoms with van der Waals surface area (Å²) in [6.45, 7) is 3.79. The summed E-state index contributed by atoms with van der Waals surface area (Å²) >= 11 is 0. The van der Waals surface area contributed by atoms with Crippen LogP contribution in [0.15, 0.2) is 39.9 Å². The van der Waals surface area contributed by atoms with Gasteiger partial charge in [0.05, 0.1) is 0 Å². The first-order valence-electron chi connectivity index (χ1n) is 7.07. The quantitative estimate of drug-likeness (QED) is 0.600. The Hall–Kier alpha value is -3.03. The highest BCUT2D eigenvalue weighted by Crippen LogP contribution is 2.07. The highest BCUT2D eigenvalue weighted by atomic mass is 16.5. The van der Waals surface area contributed by atoms with Crippen molar-refractivity contribution < 1.29 is 10.0 Å². The van der Waals surface area contributed by atoms with Crippen molar-refractivity contribution in [3.05, 3.63) is 62.3 Å². The van der Waals surface area contributed by atoms with E-state index in [1.54, 1.807) is 13.8 Å². The van der Waals surface area contributed by atoms with Crippen molar-refractivity contribution in [2.75, 3.05) is 5.32 Å². The van der Waals surface area contributed by atoms with Gasteiger partial charge in [0.1, 0.15) is 11.4 Å². The topological polar surface area (TPSA) is 116 Å². The average Bonchev–Trinajstić information content (AvgIpc) is 2.51. The number of aromatic amines is 1. The van der Waals surface area contributed by atoms with Crippen LogP contribution in [0.2, 0.25) is 0 Å². The number of rotatable bonds is 5. The maximum Gasteiger partial charge on any atom is 0.363 e. The van der Waals surface area contributed by atoms with Crippen LogP contribution in [-0.2, 0) is 6.54 Å². The van der Waals surface area contributed by atoms with Crippen molar-refractivity contribution in [1.29, 1.82) is 0 Å². The summed E-state index contributed by atoms with van der Waals surface area (Å²) in [7, 11) is 0. The van der Waals surface area contributed by atoms with Crippen LogP contribution in [0.4, 0.5) is 5.82 Å². The van der Waals surface area contributed by atoms with Gasteiger partial charge < -0.3 is 15.8 Å². The summed E-state index contributed by atoms with van der Waals surface area (Å²) in [5.74, 6) is -0.716. The van der Waals surface area contributed by atoms with Crippen LogP contribution < -0.4 is 21.9 Å². The molecule has 1 heterocycles. The molecule has 1 aromatic heterocycles. The van der Waals surface area contributed by atoms with Gasteiger partial charge in [-0.3, -0.25) is 14.6 Å². The fourth-order valence-electron chi connectivity index (χ4n) is 2.00. The van der Waals surface area contributed by atoms with Gasteiger partial charge in [-0.1, -0.05) is 35.1 Å². The molecule has 122 valence electrons. The third kappa shape index (κ3) is 3.79. The van der Waals surface area contributed by atoms with E-state index in [0.29, 0.717) is 0 Å². The fourth-order valence-corrected chi connectivity index (χ4v) is 2.00. The van der Waals surface area contributed by atoms with Gasteiger partial charge in [0.25, 0.3) is 5.91 Å². The molecule has 0 bridgehead atoms. The van der Waals surface area contributed by atoms with Crippen molar-refractivity contribution in [3.63, 3.8) is 0 Å². The largest absolute Gasteiger partial charge is 0.421 e. The van der Waals surface area contributed by atoms with E-state index in [2.05, 4.69) is 15.6 Å². The van der Waals surface area contributed by atoms with Crippen molar-refractivity contribution in [2.45, 2.75) is 26.4 Å². The Morgan fingerprint density at radius 3 is 2.52 bits per heavy atom. The van der Waals surface area contributed by atoms with Crippen molar-refractivity contribution >= 4 is 11.7 Å². The molecule has 1 aromatic carbocycles. The molecular weight excluding hydrogens is 300 g/mol. The Morgan fingerprint density at radius 1 is 1.26 bits per heavy atom. The van der Waals surface area contributed by atoms with Gasteiger partial charge in [-0.25, -0.2) is 4.79 Å². The number of nitrogens with zero attached hydrogens (tertiary/aromatic N) is 1. The number of aromatic nitrogens is 2. The smallest absolute Gasteiger partial charge is 0.363 e. The number of benzene rings is 1. The third-order valence-electron chi connectivity index (χ3n) is 3.04. The van der Waals surface area contributed by atoms with Gasteiger partial charge >= 0.3 is 11.2 Å². The highest BCUT2D eigenvalue weighted by Gasteiger charge is 2.21. The van der Waals surface area contributed by atoms with Gasteiger partial charge in [0.15, 0.2) is 0 Å². The minimum atomic E-state index is -1.08. The van der Waals surface area contributed by atoms with Crippen LogP contribution in [0.5, 0.6) is 0 Å². The number of anilines is 1. The second-order valence-electron chi connectivity index (χ2n) is 5.26. The lowest BCUT2D eigenvalue weighted by Crippen LogP contribution is -2.41. The molecule has 0 fully saturated rings. The Morgan fingerprint density at radius 2 is 1.91 bits per heavy atom. The highest BCUT2D eigenvalue weighted by molar-refractivity contribution is 5.98. The third-order valence-corrected chi connectivity index (χ3v) is 3.04.